The lowest BCUT2D eigenvalue weighted by atomic mass is 10.2. The number of methoxy groups -OCH3 is 2. The molecule has 0 heterocycles. The lowest BCUT2D eigenvalue weighted by Gasteiger charge is -2.06. The smallest absolute Gasteiger partial charge is 0.169 e. The van der Waals surface area contributed by atoms with Crippen LogP contribution in [0.15, 0.2) is 18.2 Å². The van der Waals surface area contributed by atoms with Crippen LogP contribution in [0.4, 0.5) is 0 Å². The van der Waals surface area contributed by atoms with Gasteiger partial charge in [-0.25, -0.2) is 0 Å². The molecule has 0 aliphatic rings. The van der Waals surface area contributed by atoms with Crippen LogP contribution in [0, 0.1) is 6.07 Å². The molecule has 0 bridgehead atoms. The molecular formula is C11H13O2. The van der Waals surface area contributed by atoms with Gasteiger partial charge in [0.2, 0.25) is 0 Å². The molecule has 1 rings (SSSR count). The van der Waals surface area contributed by atoms with Crippen LogP contribution >= 0.6 is 0 Å². The monoisotopic (exact) mass is 177 g/mol. The fourth-order valence-corrected chi connectivity index (χ4v) is 1.06. The Labute approximate surface area is 78.8 Å². The summed E-state index contributed by atoms with van der Waals surface area (Å²) in [5.41, 5.74) is 0.986. The summed E-state index contributed by atoms with van der Waals surface area (Å²) in [5.74, 6) is 1.34. The lowest BCUT2D eigenvalue weighted by Crippen LogP contribution is -1.90. The third kappa shape index (κ3) is 2.25. The largest absolute Gasteiger partial charge is 0.493 e. The molecule has 69 valence electrons. The second-order valence-electron chi connectivity index (χ2n) is 2.52. The van der Waals surface area contributed by atoms with Crippen molar-refractivity contribution in [3.05, 3.63) is 29.8 Å². The number of hydrogen-bond donors (Lipinski definition) is 0. The van der Waals surface area contributed by atoms with Gasteiger partial charge >= 0.3 is 0 Å². The van der Waals surface area contributed by atoms with Gasteiger partial charge in [0, 0.05) is 6.07 Å². The van der Waals surface area contributed by atoms with Crippen LogP contribution in [0.25, 0.3) is 6.08 Å². The second-order valence-corrected chi connectivity index (χ2v) is 2.52. The van der Waals surface area contributed by atoms with Crippen molar-refractivity contribution in [1.82, 2.24) is 0 Å². The van der Waals surface area contributed by atoms with Crippen molar-refractivity contribution in [2.75, 3.05) is 14.2 Å². The summed E-state index contributed by atoms with van der Waals surface area (Å²) in [4.78, 5) is 0. The number of benzene rings is 1. The summed E-state index contributed by atoms with van der Waals surface area (Å²) >= 11 is 0. The van der Waals surface area contributed by atoms with Crippen molar-refractivity contribution in [2.24, 2.45) is 0 Å². The predicted molar refractivity (Wildman–Crippen MR) is 53.1 cm³/mol. The van der Waals surface area contributed by atoms with Gasteiger partial charge in [0.1, 0.15) is 0 Å². The summed E-state index contributed by atoms with van der Waals surface area (Å²) < 4.78 is 10.2. The molecule has 0 atom stereocenters. The van der Waals surface area contributed by atoms with Gasteiger partial charge in [0.05, 0.1) is 14.2 Å². The van der Waals surface area contributed by atoms with Gasteiger partial charge in [0.15, 0.2) is 11.5 Å². The minimum absolute atomic E-state index is 0.637. The van der Waals surface area contributed by atoms with E-state index in [2.05, 4.69) is 6.07 Å². The lowest BCUT2D eigenvalue weighted by molar-refractivity contribution is 0.354. The Balaban J connectivity index is 3.05. The van der Waals surface area contributed by atoms with Crippen molar-refractivity contribution >= 4 is 6.08 Å². The Bertz CT molecular complexity index is 303. The van der Waals surface area contributed by atoms with Gasteiger partial charge in [-0.2, -0.15) is 0 Å². The predicted octanol–water partition coefficient (Wildman–Crippen LogP) is 2.54. The number of allylic oxidation sites excluding steroid dienone is 1. The number of rotatable bonds is 3. The maximum absolute atomic E-state index is 5.11. The molecule has 0 saturated heterocycles. The molecule has 0 unspecified atom stereocenters. The van der Waals surface area contributed by atoms with Crippen molar-refractivity contribution in [2.45, 2.75) is 6.92 Å². The molecule has 0 aliphatic heterocycles. The minimum atomic E-state index is 0.637. The minimum Gasteiger partial charge on any atom is -0.493 e. The number of ether oxygens (including phenoxy) is 2. The zero-order valence-electron chi connectivity index (χ0n) is 8.13. The standard InChI is InChI=1S/C11H13O2/c1-4-5-9-6-7-10(12-2)11(8-9)13-3/h4-7H,1-3H3/b5-4+. The van der Waals surface area contributed by atoms with Crippen molar-refractivity contribution < 1.29 is 9.47 Å². The molecule has 1 radical (unpaired) electrons. The average molecular weight is 177 g/mol. The third-order valence-electron chi connectivity index (χ3n) is 1.67. The Morgan fingerprint density at radius 3 is 2.54 bits per heavy atom. The Morgan fingerprint density at radius 1 is 1.23 bits per heavy atom. The van der Waals surface area contributed by atoms with E-state index in [-0.39, 0.29) is 0 Å². The van der Waals surface area contributed by atoms with E-state index < -0.39 is 0 Å². The van der Waals surface area contributed by atoms with E-state index in [9.17, 15) is 0 Å². The molecule has 0 amide bonds. The highest BCUT2D eigenvalue weighted by Crippen LogP contribution is 2.27. The fourth-order valence-electron chi connectivity index (χ4n) is 1.06. The Morgan fingerprint density at radius 2 is 2.00 bits per heavy atom. The topological polar surface area (TPSA) is 18.5 Å². The van der Waals surface area contributed by atoms with Gasteiger partial charge < -0.3 is 9.47 Å². The first-order chi connectivity index (χ1) is 6.31. The van der Waals surface area contributed by atoms with Crippen LogP contribution < -0.4 is 9.47 Å². The van der Waals surface area contributed by atoms with E-state index >= 15 is 0 Å². The molecule has 1 aromatic rings. The van der Waals surface area contributed by atoms with Gasteiger partial charge in [-0.05, 0) is 18.6 Å². The van der Waals surface area contributed by atoms with Crippen LogP contribution in [-0.2, 0) is 0 Å². The molecule has 0 N–H and O–H groups in total. The van der Waals surface area contributed by atoms with Crippen LogP contribution in [0.3, 0.4) is 0 Å². The molecule has 1 aromatic carbocycles. The molecule has 13 heavy (non-hydrogen) atoms. The maximum atomic E-state index is 5.11. The zero-order chi connectivity index (χ0) is 9.68. The number of hydrogen-bond acceptors (Lipinski definition) is 2. The van der Waals surface area contributed by atoms with E-state index in [1.165, 1.54) is 0 Å². The van der Waals surface area contributed by atoms with Crippen molar-refractivity contribution in [3.8, 4) is 11.5 Å². The zero-order valence-corrected chi connectivity index (χ0v) is 8.13. The highest BCUT2D eigenvalue weighted by atomic mass is 16.5. The van der Waals surface area contributed by atoms with E-state index in [1.54, 1.807) is 14.2 Å². The quantitative estimate of drug-likeness (QED) is 0.706. The SMILES string of the molecule is C/C=C/c1[c]c(OC)c(OC)cc1. The Hall–Kier alpha value is -1.44. The Kier molecular flexibility index (Phi) is 3.38. The normalized spacial score (nSPS) is 10.4. The van der Waals surface area contributed by atoms with Gasteiger partial charge in [0.25, 0.3) is 0 Å². The molecule has 0 fully saturated rings. The first-order valence-corrected chi connectivity index (χ1v) is 4.08. The molecule has 0 saturated carbocycles. The second kappa shape index (κ2) is 4.55. The first kappa shape index (κ1) is 9.65. The van der Waals surface area contributed by atoms with Crippen LogP contribution in [-0.4, -0.2) is 14.2 Å². The highest BCUT2D eigenvalue weighted by Gasteiger charge is 2.02. The summed E-state index contributed by atoms with van der Waals surface area (Å²) in [6.07, 6.45) is 3.92. The van der Waals surface area contributed by atoms with Gasteiger partial charge in [-0.1, -0.05) is 18.2 Å². The average Bonchev–Trinajstić information content (AvgIpc) is 2.18. The first-order valence-electron chi connectivity index (χ1n) is 4.08. The summed E-state index contributed by atoms with van der Waals surface area (Å²) in [5, 5.41) is 0. The molecule has 2 nitrogen and oxygen atoms in total. The third-order valence-corrected chi connectivity index (χ3v) is 1.67. The van der Waals surface area contributed by atoms with Gasteiger partial charge in [-0.15, -0.1) is 0 Å². The van der Waals surface area contributed by atoms with Gasteiger partial charge in [-0.3, -0.25) is 0 Å². The highest BCUT2D eigenvalue weighted by molar-refractivity contribution is 5.54. The van der Waals surface area contributed by atoms with E-state index in [1.807, 2.05) is 31.2 Å². The van der Waals surface area contributed by atoms with E-state index in [0.29, 0.717) is 11.5 Å². The summed E-state index contributed by atoms with van der Waals surface area (Å²) in [6, 6.07) is 6.88. The molecule has 0 spiro atoms. The van der Waals surface area contributed by atoms with Crippen molar-refractivity contribution in [1.29, 1.82) is 0 Å². The molecule has 0 aromatic heterocycles. The molecule has 0 aliphatic carbocycles. The maximum Gasteiger partial charge on any atom is 0.169 e. The van der Waals surface area contributed by atoms with Crippen molar-refractivity contribution in [3.63, 3.8) is 0 Å². The van der Waals surface area contributed by atoms with E-state index in [4.69, 9.17) is 9.47 Å². The fraction of sp³-hybridized carbons (Fsp3) is 0.273. The molecule has 2 heteroatoms. The van der Waals surface area contributed by atoms with Crippen LogP contribution in [0.2, 0.25) is 0 Å². The van der Waals surface area contributed by atoms with E-state index in [0.717, 1.165) is 5.56 Å². The van der Waals surface area contributed by atoms with Crippen LogP contribution in [0.1, 0.15) is 12.5 Å². The summed E-state index contributed by atoms with van der Waals surface area (Å²) in [6.45, 7) is 1.96. The molecular weight excluding hydrogens is 164 g/mol. The van der Waals surface area contributed by atoms with Crippen LogP contribution in [0.5, 0.6) is 11.5 Å². The summed E-state index contributed by atoms with van der Waals surface area (Å²) in [7, 11) is 3.22.